The van der Waals surface area contributed by atoms with Crippen molar-refractivity contribution in [2.75, 3.05) is 0 Å². The normalized spacial score (nSPS) is 11.3. The van der Waals surface area contributed by atoms with Crippen LogP contribution in [0.15, 0.2) is 46.9 Å². The molecule has 0 heterocycles. The molecule has 0 unspecified atom stereocenters. The zero-order chi connectivity index (χ0) is 15.6. The second kappa shape index (κ2) is 6.02. The highest BCUT2D eigenvalue weighted by Gasteiger charge is 2.17. The monoisotopic (exact) mass is 346 g/mol. The summed E-state index contributed by atoms with van der Waals surface area (Å²) in [5, 5.41) is 0. The van der Waals surface area contributed by atoms with Crippen LogP contribution in [0.5, 0.6) is 5.75 Å². The van der Waals surface area contributed by atoms with E-state index >= 15 is 0 Å². The van der Waals surface area contributed by atoms with Crippen molar-refractivity contribution in [1.82, 2.24) is 0 Å². The van der Waals surface area contributed by atoms with E-state index < -0.39 is 0 Å². The number of rotatable bonds is 2. The van der Waals surface area contributed by atoms with Gasteiger partial charge in [-0.25, -0.2) is 4.79 Å². The van der Waals surface area contributed by atoms with Crippen molar-refractivity contribution in [3.05, 3.63) is 63.6 Å². The van der Waals surface area contributed by atoms with Crippen molar-refractivity contribution in [2.45, 2.75) is 33.1 Å². The zero-order valence-electron chi connectivity index (χ0n) is 12.7. The molecule has 0 saturated carbocycles. The molecule has 110 valence electrons. The van der Waals surface area contributed by atoms with Gasteiger partial charge < -0.3 is 4.74 Å². The highest BCUT2D eigenvalue weighted by Crippen LogP contribution is 2.31. The largest absolute Gasteiger partial charge is 0.422 e. The van der Waals surface area contributed by atoms with Crippen molar-refractivity contribution in [3.8, 4) is 5.75 Å². The first-order valence-corrected chi connectivity index (χ1v) is 7.65. The van der Waals surface area contributed by atoms with E-state index in [4.69, 9.17) is 4.74 Å². The molecule has 2 rings (SSSR count). The summed E-state index contributed by atoms with van der Waals surface area (Å²) in [5.41, 5.74) is 2.83. The summed E-state index contributed by atoms with van der Waals surface area (Å²) in [7, 11) is 0. The first kappa shape index (κ1) is 15.8. The number of esters is 1. The summed E-state index contributed by atoms with van der Waals surface area (Å²) in [4.78, 5) is 12.2. The van der Waals surface area contributed by atoms with Crippen LogP contribution < -0.4 is 4.74 Å². The molecule has 0 aliphatic rings. The Balaban J connectivity index is 2.22. The predicted octanol–water partition coefficient (Wildman–Crippen LogP) is 5.27. The molecule has 0 bridgehead atoms. The van der Waals surface area contributed by atoms with Gasteiger partial charge in [-0.05, 0) is 58.1 Å². The average molecular weight is 347 g/mol. The van der Waals surface area contributed by atoms with Gasteiger partial charge in [0.1, 0.15) is 5.75 Å². The minimum atomic E-state index is -0.345. The number of ether oxygens (including phenoxy) is 1. The van der Waals surface area contributed by atoms with Crippen LogP contribution in [0.25, 0.3) is 0 Å². The second-order valence-electron chi connectivity index (χ2n) is 6.15. The number of carbonyl (C=O) groups excluding carboxylic acids is 1. The van der Waals surface area contributed by atoms with E-state index in [1.807, 2.05) is 43.3 Å². The van der Waals surface area contributed by atoms with E-state index in [9.17, 15) is 4.79 Å². The molecule has 0 aliphatic carbocycles. The molecule has 2 aromatic carbocycles. The lowest BCUT2D eigenvalue weighted by Gasteiger charge is -2.20. The van der Waals surface area contributed by atoms with Crippen LogP contribution in [0.4, 0.5) is 0 Å². The average Bonchev–Trinajstić information content (AvgIpc) is 2.39. The molecule has 3 heteroatoms. The van der Waals surface area contributed by atoms with Crippen LogP contribution in [-0.4, -0.2) is 5.97 Å². The van der Waals surface area contributed by atoms with E-state index in [0.717, 1.165) is 10.0 Å². The molecular formula is C18H19BrO2. The minimum Gasteiger partial charge on any atom is -0.422 e. The maximum absolute atomic E-state index is 12.2. The van der Waals surface area contributed by atoms with E-state index in [2.05, 4.69) is 36.7 Å². The van der Waals surface area contributed by atoms with Gasteiger partial charge in [0.2, 0.25) is 0 Å². The third-order valence-electron chi connectivity index (χ3n) is 3.25. The Labute approximate surface area is 134 Å². The van der Waals surface area contributed by atoms with Crippen molar-refractivity contribution < 1.29 is 9.53 Å². The molecule has 0 amide bonds. The first-order chi connectivity index (χ1) is 9.77. The maximum Gasteiger partial charge on any atom is 0.343 e. The number of hydrogen-bond donors (Lipinski definition) is 0. The predicted molar refractivity (Wildman–Crippen MR) is 89.0 cm³/mol. The van der Waals surface area contributed by atoms with Crippen LogP contribution in [0, 0.1) is 6.92 Å². The molecule has 0 radical (unpaired) electrons. The van der Waals surface area contributed by atoms with Crippen LogP contribution in [0.1, 0.15) is 42.3 Å². The fourth-order valence-electron chi connectivity index (χ4n) is 1.98. The Hall–Kier alpha value is -1.61. The lowest BCUT2D eigenvalue weighted by molar-refractivity contribution is 0.0733. The van der Waals surface area contributed by atoms with Gasteiger partial charge in [-0.15, -0.1) is 0 Å². The van der Waals surface area contributed by atoms with Crippen LogP contribution in [0.3, 0.4) is 0 Å². The molecule has 0 saturated heterocycles. The molecule has 0 spiro atoms. The third-order valence-corrected chi connectivity index (χ3v) is 3.87. The number of carbonyl (C=O) groups is 1. The molecule has 0 fully saturated rings. The molecule has 2 aromatic rings. The SMILES string of the molecule is Cc1cccc(C(=O)Oc2ccc(C(C)(C)C)cc2Br)c1. The van der Waals surface area contributed by atoms with E-state index in [1.165, 1.54) is 5.56 Å². The van der Waals surface area contributed by atoms with Crippen LogP contribution >= 0.6 is 15.9 Å². The van der Waals surface area contributed by atoms with Gasteiger partial charge in [0.15, 0.2) is 0 Å². The standard InChI is InChI=1S/C18H19BrO2/c1-12-6-5-7-13(10-12)17(20)21-16-9-8-14(11-15(16)19)18(2,3)4/h5-11H,1-4H3. The third kappa shape index (κ3) is 3.94. The summed E-state index contributed by atoms with van der Waals surface area (Å²) >= 11 is 3.48. The van der Waals surface area contributed by atoms with Gasteiger partial charge in [0, 0.05) is 0 Å². The lowest BCUT2D eigenvalue weighted by Crippen LogP contribution is -2.12. The summed E-state index contributed by atoms with van der Waals surface area (Å²) in [6.07, 6.45) is 0. The minimum absolute atomic E-state index is 0.0571. The zero-order valence-corrected chi connectivity index (χ0v) is 14.3. The molecule has 0 atom stereocenters. The van der Waals surface area contributed by atoms with Crippen molar-refractivity contribution in [2.24, 2.45) is 0 Å². The van der Waals surface area contributed by atoms with Crippen molar-refractivity contribution in [3.63, 3.8) is 0 Å². The van der Waals surface area contributed by atoms with Crippen LogP contribution in [-0.2, 0) is 5.41 Å². The molecule has 0 N–H and O–H groups in total. The van der Waals surface area contributed by atoms with Gasteiger partial charge in [0.05, 0.1) is 10.0 Å². The summed E-state index contributed by atoms with van der Waals surface area (Å²) < 4.78 is 6.26. The highest BCUT2D eigenvalue weighted by atomic mass is 79.9. The molecule has 0 aliphatic heterocycles. The fraction of sp³-hybridized carbons (Fsp3) is 0.278. The maximum atomic E-state index is 12.2. The fourth-order valence-corrected chi connectivity index (χ4v) is 2.44. The lowest BCUT2D eigenvalue weighted by atomic mass is 9.87. The highest BCUT2D eigenvalue weighted by molar-refractivity contribution is 9.10. The summed E-state index contributed by atoms with van der Waals surface area (Å²) in [5.74, 6) is 0.192. The summed E-state index contributed by atoms with van der Waals surface area (Å²) in [6, 6.07) is 13.2. The molecule has 21 heavy (non-hydrogen) atoms. The second-order valence-corrected chi connectivity index (χ2v) is 7.01. The molecular weight excluding hydrogens is 328 g/mol. The van der Waals surface area contributed by atoms with Crippen molar-refractivity contribution >= 4 is 21.9 Å². The number of aryl methyl sites for hydroxylation is 1. The van der Waals surface area contributed by atoms with E-state index in [0.29, 0.717) is 11.3 Å². The van der Waals surface area contributed by atoms with E-state index in [-0.39, 0.29) is 11.4 Å². The first-order valence-electron chi connectivity index (χ1n) is 6.86. The van der Waals surface area contributed by atoms with Gasteiger partial charge in [0.25, 0.3) is 0 Å². The van der Waals surface area contributed by atoms with Crippen molar-refractivity contribution in [1.29, 1.82) is 0 Å². The van der Waals surface area contributed by atoms with Gasteiger partial charge in [-0.1, -0.05) is 44.5 Å². The Morgan fingerprint density at radius 3 is 2.38 bits per heavy atom. The van der Waals surface area contributed by atoms with Gasteiger partial charge in [-0.3, -0.25) is 0 Å². The van der Waals surface area contributed by atoms with Gasteiger partial charge >= 0.3 is 5.97 Å². The van der Waals surface area contributed by atoms with E-state index in [1.54, 1.807) is 6.07 Å². The Morgan fingerprint density at radius 1 is 1.10 bits per heavy atom. The number of halogens is 1. The topological polar surface area (TPSA) is 26.3 Å². The van der Waals surface area contributed by atoms with Crippen LogP contribution in [0.2, 0.25) is 0 Å². The number of benzene rings is 2. The van der Waals surface area contributed by atoms with Gasteiger partial charge in [-0.2, -0.15) is 0 Å². The number of hydrogen-bond acceptors (Lipinski definition) is 2. The molecule has 2 nitrogen and oxygen atoms in total. The molecule has 0 aromatic heterocycles. The quantitative estimate of drug-likeness (QED) is 0.546. The smallest absolute Gasteiger partial charge is 0.343 e. The Bertz CT molecular complexity index is 669. The summed E-state index contributed by atoms with van der Waals surface area (Å²) in [6.45, 7) is 8.39. The Kier molecular flexibility index (Phi) is 4.52. The Morgan fingerprint density at radius 2 is 1.81 bits per heavy atom.